The van der Waals surface area contributed by atoms with Crippen molar-refractivity contribution in [3.05, 3.63) is 53.1 Å². The first-order valence-corrected chi connectivity index (χ1v) is 7.19. The van der Waals surface area contributed by atoms with E-state index in [-0.39, 0.29) is 6.04 Å². The van der Waals surface area contributed by atoms with Crippen LogP contribution in [0.4, 0.5) is 0 Å². The molecule has 0 saturated carbocycles. The van der Waals surface area contributed by atoms with Crippen molar-refractivity contribution in [3.8, 4) is 0 Å². The molecule has 2 rings (SSSR count). The molecule has 0 spiro atoms. The molecule has 0 radical (unpaired) electrons. The zero-order valence-corrected chi connectivity index (χ0v) is 12.6. The smallest absolute Gasteiger partial charge is 0.110 e. The maximum Gasteiger partial charge on any atom is 0.110 e. The molecule has 3 N–H and O–H groups in total. The Morgan fingerprint density at radius 1 is 1.35 bits per heavy atom. The van der Waals surface area contributed by atoms with E-state index in [4.69, 9.17) is 5.84 Å². The van der Waals surface area contributed by atoms with Gasteiger partial charge in [0.1, 0.15) is 5.82 Å². The average molecular weight is 272 g/mol. The summed E-state index contributed by atoms with van der Waals surface area (Å²) in [4.78, 5) is 4.46. The largest absolute Gasteiger partial charge is 0.335 e. The zero-order valence-electron chi connectivity index (χ0n) is 12.6. The van der Waals surface area contributed by atoms with Gasteiger partial charge < -0.3 is 4.57 Å². The lowest BCUT2D eigenvalue weighted by Crippen LogP contribution is -2.31. The van der Waals surface area contributed by atoms with E-state index in [0.717, 1.165) is 25.2 Å². The minimum Gasteiger partial charge on any atom is -0.335 e. The van der Waals surface area contributed by atoms with Gasteiger partial charge in [-0.05, 0) is 31.4 Å². The molecule has 0 aliphatic carbocycles. The maximum absolute atomic E-state index is 5.77. The molecule has 1 aromatic heterocycles. The van der Waals surface area contributed by atoms with Crippen molar-refractivity contribution < 1.29 is 0 Å². The number of aromatic nitrogens is 2. The normalized spacial score (nSPS) is 12.6. The molecule has 1 unspecified atom stereocenters. The van der Waals surface area contributed by atoms with Crippen LogP contribution in [0.3, 0.4) is 0 Å². The molecule has 20 heavy (non-hydrogen) atoms. The number of benzene rings is 1. The number of hydrogen-bond donors (Lipinski definition) is 2. The highest BCUT2D eigenvalue weighted by Gasteiger charge is 2.15. The molecule has 0 amide bonds. The van der Waals surface area contributed by atoms with E-state index in [9.17, 15) is 0 Å². The van der Waals surface area contributed by atoms with Crippen molar-refractivity contribution in [1.29, 1.82) is 0 Å². The van der Waals surface area contributed by atoms with Crippen molar-refractivity contribution in [2.75, 3.05) is 0 Å². The van der Waals surface area contributed by atoms with Gasteiger partial charge in [0.15, 0.2) is 0 Å². The van der Waals surface area contributed by atoms with Gasteiger partial charge in [-0.3, -0.25) is 11.3 Å². The number of nitrogens with zero attached hydrogens (tertiary/aromatic N) is 2. The Balaban J connectivity index is 2.22. The monoisotopic (exact) mass is 272 g/mol. The second kappa shape index (κ2) is 6.68. The fraction of sp³-hybridized carbons (Fsp3) is 0.438. The van der Waals surface area contributed by atoms with E-state index in [1.54, 1.807) is 0 Å². The molecule has 1 heterocycles. The number of nitrogens with one attached hydrogen (secondary N) is 1. The lowest BCUT2D eigenvalue weighted by molar-refractivity contribution is 0.515. The fourth-order valence-electron chi connectivity index (χ4n) is 2.63. The minimum atomic E-state index is 0.0913. The van der Waals surface area contributed by atoms with Gasteiger partial charge in [-0.25, -0.2) is 4.98 Å². The summed E-state index contributed by atoms with van der Waals surface area (Å²) in [6.07, 6.45) is 5.80. The maximum atomic E-state index is 5.77. The SMILES string of the molecule is CCCn1ccnc1CC(NN)c1ccc(C)cc1C. The third-order valence-electron chi connectivity index (χ3n) is 3.65. The van der Waals surface area contributed by atoms with Crippen molar-refractivity contribution in [2.45, 2.75) is 46.2 Å². The number of hydrazine groups is 1. The molecule has 1 aromatic carbocycles. The van der Waals surface area contributed by atoms with E-state index >= 15 is 0 Å². The van der Waals surface area contributed by atoms with Crippen LogP contribution < -0.4 is 11.3 Å². The van der Waals surface area contributed by atoms with Crippen LogP contribution in [0.1, 0.15) is 41.9 Å². The van der Waals surface area contributed by atoms with Gasteiger partial charge in [0.05, 0.1) is 6.04 Å². The van der Waals surface area contributed by atoms with Crippen LogP contribution in [0.5, 0.6) is 0 Å². The molecular formula is C16H24N4. The summed E-state index contributed by atoms with van der Waals surface area (Å²) < 4.78 is 2.20. The molecule has 1 atom stereocenters. The molecular weight excluding hydrogens is 248 g/mol. The predicted molar refractivity (Wildman–Crippen MR) is 82.2 cm³/mol. The summed E-state index contributed by atoms with van der Waals surface area (Å²) in [7, 11) is 0. The topological polar surface area (TPSA) is 55.9 Å². The van der Waals surface area contributed by atoms with Crippen molar-refractivity contribution >= 4 is 0 Å². The van der Waals surface area contributed by atoms with Crippen LogP contribution in [0.25, 0.3) is 0 Å². The molecule has 4 heteroatoms. The third-order valence-corrected chi connectivity index (χ3v) is 3.65. The molecule has 108 valence electrons. The standard InChI is InChI=1S/C16H24N4/c1-4-8-20-9-7-18-16(20)11-15(19-17)14-6-5-12(2)10-13(14)3/h5-7,9-10,15,19H,4,8,11,17H2,1-3H3. The van der Waals surface area contributed by atoms with E-state index in [0.29, 0.717) is 0 Å². The predicted octanol–water partition coefficient (Wildman–Crippen LogP) is 2.66. The Morgan fingerprint density at radius 3 is 2.80 bits per heavy atom. The van der Waals surface area contributed by atoms with Crippen LogP contribution in [-0.4, -0.2) is 9.55 Å². The van der Waals surface area contributed by atoms with Gasteiger partial charge in [-0.15, -0.1) is 0 Å². The Kier molecular flexibility index (Phi) is 4.93. The first-order valence-electron chi connectivity index (χ1n) is 7.19. The van der Waals surface area contributed by atoms with E-state index < -0.39 is 0 Å². The van der Waals surface area contributed by atoms with Gasteiger partial charge >= 0.3 is 0 Å². The van der Waals surface area contributed by atoms with E-state index in [1.807, 2.05) is 12.4 Å². The van der Waals surface area contributed by atoms with Crippen LogP contribution in [-0.2, 0) is 13.0 Å². The molecule has 2 aromatic rings. The molecule has 0 fully saturated rings. The number of hydrogen-bond acceptors (Lipinski definition) is 3. The highest BCUT2D eigenvalue weighted by atomic mass is 15.2. The van der Waals surface area contributed by atoms with Crippen molar-refractivity contribution in [3.63, 3.8) is 0 Å². The molecule has 4 nitrogen and oxygen atoms in total. The second-order valence-corrected chi connectivity index (χ2v) is 5.32. The molecule has 0 saturated heterocycles. The van der Waals surface area contributed by atoms with Crippen LogP contribution in [0.2, 0.25) is 0 Å². The summed E-state index contributed by atoms with van der Waals surface area (Å²) >= 11 is 0. The van der Waals surface area contributed by atoms with Crippen molar-refractivity contribution in [1.82, 2.24) is 15.0 Å². The average Bonchev–Trinajstić information content (AvgIpc) is 2.84. The second-order valence-electron chi connectivity index (χ2n) is 5.32. The number of aryl methyl sites for hydroxylation is 3. The van der Waals surface area contributed by atoms with E-state index in [1.165, 1.54) is 16.7 Å². The lowest BCUT2D eigenvalue weighted by Gasteiger charge is -2.19. The molecule has 0 bridgehead atoms. The Bertz CT molecular complexity index is 559. The first kappa shape index (κ1) is 14.8. The van der Waals surface area contributed by atoms with Gasteiger partial charge in [-0.1, -0.05) is 30.7 Å². The Morgan fingerprint density at radius 2 is 2.15 bits per heavy atom. The zero-order chi connectivity index (χ0) is 14.5. The minimum absolute atomic E-state index is 0.0913. The fourth-order valence-corrected chi connectivity index (χ4v) is 2.63. The van der Waals surface area contributed by atoms with Gasteiger partial charge in [-0.2, -0.15) is 0 Å². The van der Waals surface area contributed by atoms with Crippen molar-refractivity contribution in [2.24, 2.45) is 5.84 Å². The van der Waals surface area contributed by atoms with Crippen LogP contribution >= 0.6 is 0 Å². The third kappa shape index (κ3) is 3.26. The lowest BCUT2D eigenvalue weighted by atomic mass is 9.97. The first-order chi connectivity index (χ1) is 9.65. The summed E-state index contributed by atoms with van der Waals surface area (Å²) in [5.74, 6) is 6.84. The summed E-state index contributed by atoms with van der Waals surface area (Å²) in [5, 5.41) is 0. The number of rotatable bonds is 6. The quantitative estimate of drug-likeness (QED) is 0.628. The van der Waals surface area contributed by atoms with Gasteiger partial charge in [0, 0.05) is 25.4 Å². The number of imidazole rings is 1. The summed E-state index contributed by atoms with van der Waals surface area (Å²) in [5.41, 5.74) is 6.71. The molecule has 0 aliphatic heterocycles. The van der Waals surface area contributed by atoms with Gasteiger partial charge in [0.25, 0.3) is 0 Å². The number of nitrogens with two attached hydrogens (primary N) is 1. The highest BCUT2D eigenvalue weighted by Crippen LogP contribution is 2.21. The van der Waals surface area contributed by atoms with Crippen LogP contribution in [0.15, 0.2) is 30.6 Å². The van der Waals surface area contributed by atoms with Gasteiger partial charge in [0.2, 0.25) is 0 Å². The Hall–Kier alpha value is -1.65. The Labute approximate surface area is 121 Å². The van der Waals surface area contributed by atoms with E-state index in [2.05, 4.69) is 53.9 Å². The summed E-state index contributed by atoms with van der Waals surface area (Å²) in [6, 6.07) is 6.57. The molecule has 0 aliphatic rings. The summed E-state index contributed by atoms with van der Waals surface area (Å²) in [6.45, 7) is 7.41. The highest BCUT2D eigenvalue weighted by molar-refractivity contribution is 5.33. The van der Waals surface area contributed by atoms with Crippen LogP contribution in [0, 0.1) is 13.8 Å².